The van der Waals surface area contributed by atoms with Crippen LogP contribution in [-0.2, 0) is 13.6 Å². The number of nitrogens with one attached hydrogen (secondary N) is 1. The average Bonchev–Trinajstić information content (AvgIpc) is 3.26. The van der Waals surface area contributed by atoms with Gasteiger partial charge in [0.25, 0.3) is 5.91 Å². The third kappa shape index (κ3) is 5.85. The van der Waals surface area contributed by atoms with Crippen LogP contribution >= 0.6 is 11.3 Å². The highest BCUT2D eigenvalue weighted by Crippen LogP contribution is 2.38. The molecule has 0 radical (unpaired) electrons. The number of methoxy groups -OCH3 is 3. The fraction of sp³-hybridized carbons (Fsp3) is 0.423. The number of benzene rings is 2. The van der Waals surface area contributed by atoms with Gasteiger partial charge in [-0.1, -0.05) is 42.7 Å². The van der Waals surface area contributed by atoms with Crippen LogP contribution in [0.15, 0.2) is 41.4 Å². The first-order valence-corrected chi connectivity index (χ1v) is 12.6. The van der Waals surface area contributed by atoms with Crippen molar-refractivity contribution in [3.05, 3.63) is 52.3 Å². The van der Waals surface area contributed by atoms with Crippen molar-refractivity contribution >= 4 is 17.2 Å². The Bertz CT molecular complexity index is 1200. The van der Waals surface area contributed by atoms with E-state index in [4.69, 9.17) is 19.2 Å². The topological polar surface area (TPSA) is 87.0 Å². The minimum atomic E-state index is -0.164. The Morgan fingerprint density at radius 3 is 2.31 bits per heavy atom. The molecular formula is C26H32N4O4S. The number of hydrogen-bond acceptors (Lipinski definition) is 7. The molecule has 0 unspecified atom stereocenters. The van der Waals surface area contributed by atoms with E-state index in [-0.39, 0.29) is 5.91 Å². The Morgan fingerprint density at radius 1 is 1.06 bits per heavy atom. The zero-order valence-electron chi connectivity index (χ0n) is 20.7. The molecule has 1 aromatic heterocycles. The van der Waals surface area contributed by atoms with Gasteiger partial charge in [-0.3, -0.25) is 9.79 Å². The Balaban J connectivity index is 1.43. The van der Waals surface area contributed by atoms with Crippen molar-refractivity contribution < 1.29 is 19.0 Å². The Morgan fingerprint density at radius 2 is 1.71 bits per heavy atom. The predicted molar refractivity (Wildman–Crippen MR) is 136 cm³/mol. The highest BCUT2D eigenvalue weighted by atomic mass is 32.1. The summed E-state index contributed by atoms with van der Waals surface area (Å²) in [5, 5.41) is 8.50. The summed E-state index contributed by atoms with van der Waals surface area (Å²) in [4.78, 5) is 18.6. The minimum absolute atomic E-state index is 0.164. The van der Waals surface area contributed by atoms with E-state index < -0.39 is 0 Å². The lowest BCUT2D eigenvalue weighted by atomic mass is 9.96. The first-order valence-electron chi connectivity index (χ1n) is 11.8. The van der Waals surface area contributed by atoms with Gasteiger partial charge in [0.1, 0.15) is 5.01 Å². The lowest BCUT2D eigenvalue weighted by Crippen LogP contribution is -2.22. The van der Waals surface area contributed by atoms with Crippen LogP contribution in [0.25, 0.3) is 10.6 Å². The molecule has 186 valence electrons. The van der Waals surface area contributed by atoms with E-state index in [0.717, 1.165) is 33.8 Å². The SMILES string of the molecule is COc1cc(CNC(=O)c2ccc(-c3nn(C)c(=NC4CCCCC4)s3)cc2)cc(OC)c1OC. The first kappa shape index (κ1) is 24.8. The van der Waals surface area contributed by atoms with Gasteiger partial charge in [-0.2, -0.15) is 5.10 Å². The van der Waals surface area contributed by atoms with E-state index >= 15 is 0 Å². The Kier molecular flexibility index (Phi) is 8.07. The molecule has 1 N–H and O–H groups in total. The highest BCUT2D eigenvalue weighted by Gasteiger charge is 2.15. The molecule has 1 saturated carbocycles. The third-order valence-electron chi connectivity index (χ3n) is 6.14. The first-order chi connectivity index (χ1) is 17.0. The van der Waals surface area contributed by atoms with Crippen LogP contribution in [0.5, 0.6) is 17.2 Å². The molecule has 0 saturated heterocycles. The zero-order chi connectivity index (χ0) is 24.8. The maximum absolute atomic E-state index is 12.7. The molecule has 0 spiro atoms. The molecule has 4 rings (SSSR count). The lowest BCUT2D eigenvalue weighted by Gasteiger charge is -2.16. The summed E-state index contributed by atoms with van der Waals surface area (Å²) >= 11 is 1.59. The van der Waals surface area contributed by atoms with Gasteiger partial charge in [0.2, 0.25) is 10.6 Å². The van der Waals surface area contributed by atoms with Crippen molar-refractivity contribution in [3.63, 3.8) is 0 Å². The zero-order valence-corrected chi connectivity index (χ0v) is 21.5. The second kappa shape index (κ2) is 11.4. The fourth-order valence-corrected chi connectivity index (χ4v) is 5.20. The fourth-order valence-electron chi connectivity index (χ4n) is 4.23. The molecule has 3 aromatic rings. The lowest BCUT2D eigenvalue weighted by molar-refractivity contribution is 0.0951. The Hall–Kier alpha value is -3.33. The van der Waals surface area contributed by atoms with Crippen molar-refractivity contribution in [1.82, 2.24) is 15.1 Å². The number of ether oxygens (including phenoxy) is 3. The predicted octanol–water partition coefficient (Wildman–Crippen LogP) is 4.34. The molecular weight excluding hydrogens is 464 g/mol. The van der Waals surface area contributed by atoms with Gasteiger partial charge < -0.3 is 19.5 Å². The standard InChI is InChI=1S/C26H32N4O4S/c1-30-26(28-20-8-6-5-7-9-20)35-25(29-30)19-12-10-18(11-13-19)24(31)27-16-17-14-21(32-2)23(34-4)22(15-17)33-3/h10-15,20H,5-9,16H2,1-4H3,(H,27,31). The second-order valence-electron chi connectivity index (χ2n) is 8.53. The summed E-state index contributed by atoms with van der Waals surface area (Å²) in [6, 6.07) is 11.5. The van der Waals surface area contributed by atoms with Crippen molar-refractivity contribution in [2.45, 2.75) is 44.7 Å². The average molecular weight is 497 g/mol. The molecule has 1 aliphatic carbocycles. The Labute approximate surface area is 209 Å². The van der Waals surface area contributed by atoms with Gasteiger partial charge in [0, 0.05) is 24.7 Å². The van der Waals surface area contributed by atoms with Crippen molar-refractivity contribution in [2.75, 3.05) is 21.3 Å². The summed E-state index contributed by atoms with van der Waals surface area (Å²) in [5.41, 5.74) is 2.39. The molecule has 1 fully saturated rings. The highest BCUT2D eigenvalue weighted by molar-refractivity contribution is 7.12. The minimum Gasteiger partial charge on any atom is -0.493 e. The van der Waals surface area contributed by atoms with Gasteiger partial charge in [-0.25, -0.2) is 4.68 Å². The van der Waals surface area contributed by atoms with Crippen molar-refractivity contribution in [3.8, 4) is 27.8 Å². The normalized spacial score (nSPS) is 14.6. The molecule has 8 nitrogen and oxygen atoms in total. The molecule has 1 heterocycles. The molecule has 9 heteroatoms. The molecule has 35 heavy (non-hydrogen) atoms. The summed E-state index contributed by atoms with van der Waals surface area (Å²) in [6.07, 6.45) is 6.15. The molecule has 0 bridgehead atoms. The number of hydrogen-bond donors (Lipinski definition) is 1. The summed E-state index contributed by atoms with van der Waals surface area (Å²) in [6.45, 7) is 0.325. The van der Waals surface area contributed by atoms with Gasteiger partial charge in [0.15, 0.2) is 11.5 Å². The number of aromatic nitrogens is 2. The van der Waals surface area contributed by atoms with Crippen LogP contribution < -0.4 is 24.3 Å². The largest absolute Gasteiger partial charge is 0.493 e. The molecule has 2 aromatic carbocycles. The van der Waals surface area contributed by atoms with Crippen LogP contribution in [-0.4, -0.2) is 43.1 Å². The van der Waals surface area contributed by atoms with Crippen LogP contribution in [0, 0.1) is 0 Å². The van der Waals surface area contributed by atoms with Crippen LogP contribution in [0.4, 0.5) is 0 Å². The summed E-state index contributed by atoms with van der Waals surface area (Å²) in [5.74, 6) is 1.45. The molecule has 1 amide bonds. The number of amides is 1. The number of aryl methyl sites for hydroxylation is 1. The quantitative estimate of drug-likeness (QED) is 0.501. The van der Waals surface area contributed by atoms with E-state index in [1.807, 2.05) is 48.1 Å². The maximum Gasteiger partial charge on any atom is 0.251 e. The maximum atomic E-state index is 12.7. The number of carbonyl (C=O) groups is 1. The van der Waals surface area contributed by atoms with Gasteiger partial charge >= 0.3 is 0 Å². The van der Waals surface area contributed by atoms with Crippen molar-refractivity contribution in [1.29, 1.82) is 0 Å². The van der Waals surface area contributed by atoms with Gasteiger partial charge in [-0.05, 0) is 42.7 Å². The van der Waals surface area contributed by atoms with E-state index in [0.29, 0.717) is 35.4 Å². The van der Waals surface area contributed by atoms with Crippen LogP contribution in [0.2, 0.25) is 0 Å². The van der Waals surface area contributed by atoms with Gasteiger partial charge in [0.05, 0.1) is 27.4 Å². The number of nitrogens with zero attached hydrogens (tertiary/aromatic N) is 3. The van der Waals surface area contributed by atoms with Gasteiger partial charge in [-0.15, -0.1) is 0 Å². The summed E-state index contributed by atoms with van der Waals surface area (Å²) in [7, 11) is 6.63. The molecule has 1 aliphatic rings. The van der Waals surface area contributed by atoms with Crippen LogP contribution in [0.1, 0.15) is 48.0 Å². The monoisotopic (exact) mass is 496 g/mol. The molecule has 0 aliphatic heterocycles. The second-order valence-corrected chi connectivity index (χ2v) is 9.48. The van der Waals surface area contributed by atoms with E-state index in [1.54, 1.807) is 32.7 Å². The number of rotatable bonds is 8. The third-order valence-corrected chi connectivity index (χ3v) is 7.21. The van der Waals surface area contributed by atoms with E-state index in [9.17, 15) is 4.79 Å². The molecule has 0 atom stereocenters. The van der Waals surface area contributed by atoms with Crippen LogP contribution in [0.3, 0.4) is 0 Å². The number of carbonyl (C=O) groups excluding carboxylic acids is 1. The van der Waals surface area contributed by atoms with E-state index in [2.05, 4.69) is 10.4 Å². The van der Waals surface area contributed by atoms with E-state index in [1.165, 1.54) is 19.3 Å². The smallest absolute Gasteiger partial charge is 0.251 e. The summed E-state index contributed by atoms with van der Waals surface area (Å²) < 4.78 is 18.0. The van der Waals surface area contributed by atoms with Crippen molar-refractivity contribution in [2.24, 2.45) is 12.0 Å².